The van der Waals surface area contributed by atoms with E-state index in [1.54, 1.807) is 17.7 Å². The smallest absolute Gasteiger partial charge is 0.226 e. The Morgan fingerprint density at radius 3 is 2.86 bits per heavy atom. The van der Waals surface area contributed by atoms with Crippen LogP contribution in [0.5, 0.6) is 0 Å². The van der Waals surface area contributed by atoms with Crippen molar-refractivity contribution >= 4 is 34.3 Å². The number of thiophene rings is 1. The van der Waals surface area contributed by atoms with Crippen LogP contribution in [0.3, 0.4) is 0 Å². The van der Waals surface area contributed by atoms with Crippen LogP contribution in [0.1, 0.15) is 20.3 Å². The van der Waals surface area contributed by atoms with Gasteiger partial charge < -0.3 is 10.6 Å². The van der Waals surface area contributed by atoms with Crippen molar-refractivity contribution in [2.75, 3.05) is 23.7 Å². The highest BCUT2D eigenvalue weighted by Crippen LogP contribution is 2.24. The van der Waals surface area contributed by atoms with Gasteiger partial charge in [0.05, 0.1) is 5.69 Å². The third-order valence-corrected chi connectivity index (χ3v) is 3.73. The molecule has 0 radical (unpaired) electrons. The average molecular weight is 302 g/mol. The molecule has 21 heavy (non-hydrogen) atoms. The topological polar surface area (TPSA) is 67.7 Å². The second-order valence-electron chi connectivity index (χ2n) is 4.62. The lowest BCUT2D eigenvalue weighted by molar-refractivity contribution is 0.966. The number of nitrogens with zero attached hydrogens (tertiary/aromatic N) is 4. The Labute approximate surface area is 127 Å². The molecule has 0 amide bonds. The van der Waals surface area contributed by atoms with E-state index in [0.29, 0.717) is 5.95 Å². The first-order chi connectivity index (χ1) is 10.3. The normalized spacial score (nSPS) is 11.0. The minimum atomic E-state index is 0.626. The maximum absolute atomic E-state index is 4.59. The molecule has 0 atom stereocenters. The Kier molecular flexibility index (Phi) is 4.01. The lowest BCUT2D eigenvalue weighted by Gasteiger charge is -2.08. The van der Waals surface area contributed by atoms with Crippen molar-refractivity contribution < 1.29 is 0 Å². The maximum atomic E-state index is 4.59. The van der Waals surface area contributed by atoms with E-state index in [0.717, 1.165) is 42.2 Å². The van der Waals surface area contributed by atoms with E-state index in [-0.39, 0.29) is 0 Å². The summed E-state index contributed by atoms with van der Waals surface area (Å²) in [5, 5.41) is 10.6. The molecule has 3 aromatic heterocycles. The molecule has 0 saturated carbocycles. The molecule has 0 fully saturated rings. The largest absolute Gasteiger partial charge is 0.368 e. The number of imidazole rings is 1. The molecule has 0 saturated heterocycles. The molecule has 7 heteroatoms. The van der Waals surface area contributed by atoms with Gasteiger partial charge in [0.1, 0.15) is 6.33 Å². The summed E-state index contributed by atoms with van der Waals surface area (Å²) in [5.41, 5.74) is 2.69. The fraction of sp³-hybridized carbons (Fsp3) is 0.357. The number of fused-ring (bicyclic) bond motifs is 1. The van der Waals surface area contributed by atoms with Gasteiger partial charge in [0, 0.05) is 18.5 Å². The molecule has 3 aromatic rings. The van der Waals surface area contributed by atoms with Crippen molar-refractivity contribution in [2.24, 2.45) is 0 Å². The highest BCUT2D eigenvalue weighted by atomic mass is 32.1. The molecule has 0 aliphatic heterocycles. The van der Waals surface area contributed by atoms with Crippen LogP contribution >= 0.6 is 11.3 Å². The molecule has 0 spiro atoms. The molecule has 3 heterocycles. The molecule has 0 bridgehead atoms. The minimum Gasteiger partial charge on any atom is -0.368 e. The maximum Gasteiger partial charge on any atom is 0.226 e. The summed E-state index contributed by atoms with van der Waals surface area (Å²) in [6.45, 7) is 5.80. The molecule has 110 valence electrons. The number of hydrogen-bond acceptors (Lipinski definition) is 6. The zero-order valence-corrected chi connectivity index (χ0v) is 12.9. The van der Waals surface area contributed by atoms with Crippen LogP contribution in [0.15, 0.2) is 23.2 Å². The van der Waals surface area contributed by atoms with Crippen molar-refractivity contribution in [3.05, 3.63) is 23.2 Å². The Morgan fingerprint density at radius 1 is 1.24 bits per heavy atom. The molecule has 6 nitrogen and oxygen atoms in total. The van der Waals surface area contributed by atoms with Crippen molar-refractivity contribution in [3.8, 4) is 5.69 Å². The highest BCUT2D eigenvalue weighted by molar-refractivity contribution is 7.08. The SMILES string of the molecule is CCCNc1nc(NCC)nc2c1ncn2-c1ccsc1. The third-order valence-electron chi connectivity index (χ3n) is 3.06. The summed E-state index contributed by atoms with van der Waals surface area (Å²) in [7, 11) is 0. The van der Waals surface area contributed by atoms with E-state index in [1.807, 2.05) is 16.9 Å². The van der Waals surface area contributed by atoms with E-state index in [1.165, 1.54) is 0 Å². The summed E-state index contributed by atoms with van der Waals surface area (Å²) in [6, 6.07) is 2.06. The first-order valence-electron chi connectivity index (χ1n) is 7.09. The Hall–Kier alpha value is -2.15. The van der Waals surface area contributed by atoms with E-state index in [4.69, 9.17) is 0 Å². The van der Waals surface area contributed by atoms with Crippen molar-refractivity contribution in [2.45, 2.75) is 20.3 Å². The van der Waals surface area contributed by atoms with E-state index < -0.39 is 0 Å². The fourth-order valence-electron chi connectivity index (χ4n) is 2.09. The lowest BCUT2D eigenvalue weighted by Crippen LogP contribution is -2.08. The zero-order chi connectivity index (χ0) is 14.7. The van der Waals surface area contributed by atoms with Crippen LogP contribution in [-0.2, 0) is 0 Å². The first kappa shape index (κ1) is 13.8. The van der Waals surface area contributed by atoms with Gasteiger partial charge in [-0.2, -0.15) is 21.3 Å². The fourth-order valence-corrected chi connectivity index (χ4v) is 2.72. The van der Waals surface area contributed by atoms with Gasteiger partial charge in [-0.05, 0) is 24.8 Å². The number of aromatic nitrogens is 4. The van der Waals surface area contributed by atoms with E-state index in [9.17, 15) is 0 Å². The monoisotopic (exact) mass is 302 g/mol. The second kappa shape index (κ2) is 6.09. The Balaban J connectivity index is 2.13. The van der Waals surface area contributed by atoms with Gasteiger partial charge in [0.15, 0.2) is 17.0 Å². The number of hydrogen-bond donors (Lipinski definition) is 2. The molecule has 3 rings (SSSR count). The standard InChI is InChI=1S/C14H18N6S/c1-3-6-16-12-11-13(19-14(18-12)15-4-2)20(9-17-11)10-5-7-21-8-10/h5,7-9H,3-4,6H2,1-2H3,(H2,15,16,18,19). The van der Waals surface area contributed by atoms with Gasteiger partial charge in [-0.3, -0.25) is 4.57 Å². The number of rotatable bonds is 6. The van der Waals surface area contributed by atoms with E-state index >= 15 is 0 Å². The van der Waals surface area contributed by atoms with Gasteiger partial charge in [0.25, 0.3) is 0 Å². The molecule has 2 N–H and O–H groups in total. The summed E-state index contributed by atoms with van der Waals surface area (Å²) in [6.07, 6.45) is 2.83. The van der Waals surface area contributed by atoms with Crippen LogP contribution < -0.4 is 10.6 Å². The van der Waals surface area contributed by atoms with Crippen LogP contribution in [0.4, 0.5) is 11.8 Å². The van der Waals surface area contributed by atoms with Crippen molar-refractivity contribution in [1.82, 2.24) is 19.5 Å². The molecule has 0 unspecified atom stereocenters. The van der Waals surface area contributed by atoms with Crippen LogP contribution in [0, 0.1) is 0 Å². The third kappa shape index (κ3) is 2.69. The summed E-state index contributed by atoms with van der Waals surface area (Å²) < 4.78 is 1.99. The Bertz CT molecular complexity index is 718. The van der Waals surface area contributed by atoms with Crippen LogP contribution in [-0.4, -0.2) is 32.6 Å². The first-order valence-corrected chi connectivity index (χ1v) is 8.03. The lowest BCUT2D eigenvalue weighted by atomic mass is 10.4. The van der Waals surface area contributed by atoms with Gasteiger partial charge in [-0.25, -0.2) is 4.98 Å². The van der Waals surface area contributed by atoms with E-state index in [2.05, 4.69) is 44.0 Å². The molecule has 0 aromatic carbocycles. The van der Waals surface area contributed by atoms with Crippen molar-refractivity contribution in [3.63, 3.8) is 0 Å². The predicted octanol–water partition coefficient (Wildman–Crippen LogP) is 3.13. The van der Waals surface area contributed by atoms with Crippen molar-refractivity contribution in [1.29, 1.82) is 0 Å². The van der Waals surface area contributed by atoms with Gasteiger partial charge in [-0.1, -0.05) is 6.92 Å². The summed E-state index contributed by atoms with van der Waals surface area (Å²) >= 11 is 1.66. The summed E-state index contributed by atoms with van der Waals surface area (Å²) in [4.78, 5) is 13.6. The Morgan fingerprint density at radius 2 is 2.14 bits per heavy atom. The highest BCUT2D eigenvalue weighted by Gasteiger charge is 2.13. The van der Waals surface area contributed by atoms with Crippen LogP contribution in [0.25, 0.3) is 16.9 Å². The predicted molar refractivity (Wildman–Crippen MR) is 87.5 cm³/mol. The quantitative estimate of drug-likeness (QED) is 0.732. The van der Waals surface area contributed by atoms with Gasteiger partial charge >= 0.3 is 0 Å². The molecular weight excluding hydrogens is 284 g/mol. The zero-order valence-electron chi connectivity index (χ0n) is 12.1. The molecule has 0 aliphatic rings. The summed E-state index contributed by atoms with van der Waals surface area (Å²) in [5.74, 6) is 1.41. The molecular formula is C14H18N6S. The van der Waals surface area contributed by atoms with Gasteiger partial charge in [-0.15, -0.1) is 0 Å². The molecule has 0 aliphatic carbocycles. The number of nitrogens with one attached hydrogen (secondary N) is 2. The van der Waals surface area contributed by atoms with Gasteiger partial charge in [0.2, 0.25) is 5.95 Å². The average Bonchev–Trinajstić information content (AvgIpc) is 3.13. The number of anilines is 2. The second-order valence-corrected chi connectivity index (χ2v) is 5.40. The minimum absolute atomic E-state index is 0.626. The van der Waals surface area contributed by atoms with Crippen LogP contribution in [0.2, 0.25) is 0 Å².